The first-order valence-electron chi connectivity index (χ1n) is 6.41. The van der Waals surface area contributed by atoms with Crippen LogP contribution in [0.5, 0.6) is 0 Å². The standard InChI is InChI=1S/C13H13FN6O/c14-8-2-1-5-16-9(8)6-17-12-11-13(19-7-18-12)21-10(20-11)3-4-15/h1-2,5,7H,3-4,6,15H2,(H,17,18,19). The number of nitrogens with zero attached hydrogens (tertiary/aromatic N) is 4. The number of nitrogens with one attached hydrogen (secondary N) is 1. The van der Waals surface area contributed by atoms with Crippen LogP contribution < -0.4 is 11.1 Å². The van der Waals surface area contributed by atoms with Gasteiger partial charge in [0, 0.05) is 19.2 Å². The second-order valence-electron chi connectivity index (χ2n) is 4.31. The number of halogens is 1. The Morgan fingerprint density at radius 1 is 1.29 bits per heavy atom. The van der Waals surface area contributed by atoms with E-state index < -0.39 is 0 Å². The highest BCUT2D eigenvalue weighted by Gasteiger charge is 2.12. The zero-order valence-electron chi connectivity index (χ0n) is 11.1. The van der Waals surface area contributed by atoms with Crippen LogP contribution in [0.15, 0.2) is 29.1 Å². The molecular weight excluding hydrogens is 275 g/mol. The lowest BCUT2D eigenvalue weighted by molar-refractivity contribution is 0.522. The number of pyridine rings is 1. The van der Waals surface area contributed by atoms with E-state index in [1.54, 1.807) is 6.07 Å². The molecule has 3 aromatic heterocycles. The highest BCUT2D eigenvalue weighted by molar-refractivity contribution is 5.80. The molecule has 3 N–H and O–H groups in total. The maximum atomic E-state index is 13.5. The van der Waals surface area contributed by atoms with Crippen LogP contribution in [0.1, 0.15) is 11.6 Å². The Kier molecular flexibility index (Phi) is 3.69. The fraction of sp³-hybridized carbons (Fsp3) is 0.231. The summed E-state index contributed by atoms with van der Waals surface area (Å²) in [6.45, 7) is 0.625. The molecule has 0 radical (unpaired) electrons. The van der Waals surface area contributed by atoms with Crippen molar-refractivity contribution in [2.75, 3.05) is 11.9 Å². The molecule has 3 heterocycles. The molecule has 0 fully saturated rings. The predicted octanol–water partition coefficient (Wildman–Crippen LogP) is 1.27. The Labute approximate surface area is 119 Å². The van der Waals surface area contributed by atoms with Crippen molar-refractivity contribution in [1.82, 2.24) is 19.9 Å². The third-order valence-corrected chi connectivity index (χ3v) is 2.86. The SMILES string of the molecule is NCCc1nc2c(NCc3ncccc3F)ncnc2o1. The molecular formula is C13H13FN6O. The molecule has 0 bridgehead atoms. The molecule has 0 amide bonds. The van der Waals surface area contributed by atoms with Gasteiger partial charge in [-0.1, -0.05) is 0 Å². The third kappa shape index (κ3) is 2.79. The number of hydrogen-bond acceptors (Lipinski definition) is 7. The minimum atomic E-state index is -0.376. The van der Waals surface area contributed by atoms with Crippen LogP contribution in [0.2, 0.25) is 0 Å². The second kappa shape index (κ2) is 5.80. The number of hydrogen-bond donors (Lipinski definition) is 2. The van der Waals surface area contributed by atoms with E-state index in [-0.39, 0.29) is 12.4 Å². The highest BCUT2D eigenvalue weighted by Crippen LogP contribution is 2.20. The number of fused-ring (bicyclic) bond motifs is 1. The zero-order valence-corrected chi connectivity index (χ0v) is 11.1. The molecule has 0 saturated carbocycles. The first-order chi connectivity index (χ1) is 10.3. The summed E-state index contributed by atoms with van der Waals surface area (Å²) in [7, 11) is 0. The molecule has 3 rings (SSSR count). The van der Waals surface area contributed by atoms with E-state index >= 15 is 0 Å². The molecule has 0 atom stereocenters. The normalized spacial score (nSPS) is 11.0. The first-order valence-corrected chi connectivity index (χ1v) is 6.41. The summed E-state index contributed by atoms with van der Waals surface area (Å²) in [6, 6.07) is 2.90. The Morgan fingerprint density at radius 3 is 3.00 bits per heavy atom. The van der Waals surface area contributed by atoms with Crippen LogP contribution in [0.4, 0.5) is 10.2 Å². The molecule has 0 spiro atoms. The molecule has 0 aromatic carbocycles. The monoisotopic (exact) mass is 288 g/mol. The van der Waals surface area contributed by atoms with Crippen molar-refractivity contribution in [2.45, 2.75) is 13.0 Å². The molecule has 0 aliphatic heterocycles. The summed E-state index contributed by atoms with van der Waals surface area (Å²) in [5.41, 5.74) is 6.64. The van der Waals surface area contributed by atoms with E-state index in [0.717, 1.165) is 0 Å². The van der Waals surface area contributed by atoms with Crippen LogP contribution in [-0.2, 0) is 13.0 Å². The number of rotatable bonds is 5. The van der Waals surface area contributed by atoms with Gasteiger partial charge in [0.05, 0.1) is 12.2 Å². The van der Waals surface area contributed by atoms with E-state index in [1.807, 2.05) is 0 Å². The largest absolute Gasteiger partial charge is 0.422 e. The van der Waals surface area contributed by atoms with Gasteiger partial charge >= 0.3 is 0 Å². The van der Waals surface area contributed by atoms with Gasteiger partial charge in [-0.25, -0.2) is 14.4 Å². The predicted molar refractivity (Wildman–Crippen MR) is 73.9 cm³/mol. The Hall–Kier alpha value is -2.61. The van der Waals surface area contributed by atoms with Gasteiger partial charge in [0.15, 0.2) is 17.2 Å². The molecule has 0 aliphatic rings. The number of oxazole rings is 1. The molecule has 7 nitrogen and oxygen atoms in total. The number of aromatic nitrogens is 4. The first kappa shape index (κ1) is 13.4. The summed E-state index contributed by atoms with van der Waals surface area (Å²) in [5, 5.41) is 2.99. The van der Waals surface area contributed by atoms with E-state index in [2.05, 4.69) is 25.3 Å². The topological polar surface area (TPSA) is 103 Å². The quantitative estimate of drug-likeness (QED) is 0.728. The van der Waals surface area contributed by atoms with Crippen molar-refractivity contribution < 1.29 is 8.81 Å². The molecule has 0 unspecified atom stereocenters. The van der Waals surface area contributed by atoms with E-state index in [1.165, 1.54) is 18.6 Å². The van der Waals surface area contributed by atoms with E-state index in [9.17, 15) is 4.39 Å². The van der Waals surface area contributed by atoms with Crippen LogP contribution in [0.25, 0.3) is 11.2 Å². The van der Waals surface area contributed by atoms with Crippen LogP contribution >= 0.6 is 0 Å². The average Bonchev–Trinajstić information content (AvgIpc) is 2.90. The zero-order chi connectivity index (χ0) is 14.7. The molecule has 0 saturated heterocycles. The summed E-state index contributed by atoms with van der Waals surface area (Å²) in [5.74, 6) is 0.594. The highest BCUT2D eigenvalue weighted by atomic mass is 19.1. The van der Waals surface area contributed by atoms with Gasteiger partial charge in [-0.2, -0.15) is 4.98 Å². The molecule has 21 heavy (non-hydrogen) atoms. The third-order valence-electron chi connectivity index (χ3n) is 2.86. The minimum Gasteiger partial charge on any atom is -0.422 e. The van der Waals surface area contributed by atoms with Gasteiger partial charge in [0.2, 0.25) is 0 Å². The van der Waals surface area contributed by atoms with Crippen LogP contribution in [0.3, 0.4) is 0 Å². The maximum Gasteiger partial charge on any atom is 0.252 e. The van der Waals surface area contributed by atoms with Crippen molar-refractivity contribution in [2.24, 2.45) is 5.73 Å². The Morgan fingerprint density at radius 2 is 2.19 bits per heavy atom. The molecule has 0 aliphatic carbocycles. The fourth-order valence-electron chi connectivity index (χ4n) is 1.87. The van der Waals surface area contributed by atoms with Crippen molar-refractivity contribution in [3.05, 3.63) is 42.1 Å². The summed E-state index contributed by atoms with van der Waals surface area (Å²) >= 11 is 0. The van der Waals surface area contributed by atoms with E-state index in [0.29, 0.717) is 41.6 Å². The van der Waals surface area contributed by atoms with Crippen LogP contribution in [0, 0.1) is 5.82 Å². The number of nitrogens with two attached hydrogens (primary N) is 1. The van der Waals surface area contributed by atoms with E-state index in [4.69, 9.17) is 10.2 Å². The van der Waals surface area contributed by atoms with Crippen molar-refractivity contribution in [1.29, 1.82) is 0 Å². The molecule has 3 aromatic rings. The summed E-state index contributed by atoms with van der Waals surface area (Å²) in [4.78, 5) is 16.4. The van der Waals surface area contributed by atoms with Crippen molar-refractivity contribution >= 4 is 17.0 Å². The van der Waals surface area contributed by atoms with Gasteiger partial charge in [0.25, 0.3) is 5.71 Å². The fourth-order valence-corrected chi connectivity index (χ4v) is 1.87. The van der Waals surface area contributed by atoms with Gasteiger partial charge in [-0.15, -0.1) is 0 Å². The lowest BCUT2D eigenvalue weighted by Crippen LogP contribution is -2.06. The van der Waals surface area contributed by atoms with Gasteiger partial charge in [-0.3, -0.25) is 4.98 Å². The second-order valence-corrected chi connectivity index (χ2v) is 4.31. The Bertz CT molecular complexity index is 759. The molecule has 8 heteroatoms. The minimum absolute atomic E-state index is 0.192. The lowest BCUT2D eigenvalue weighted by atomic mass is 10.3. The van der Waals surface area contributed by atoms with Gasteiger partial charge in [-0.05, 0) is 12.1 Å². The Balaban J connectivity index is 1.85. The van der Waals surface area contributed by atoms with Gasteiger partial charge in [0.1, 0.15) is 12.1 Å². The smallest absolute Gasteiger partial charge is 0.252 e. The van der Waals surface area contributed by atoms with Crippen molar-refractivity contribution in [3.63, 3.8) is 0 Å². The van der Waals surface area contributed by atoms with Crippen LogP contribution in [-0.4, -0.2) is 26.5 Å². The van der Waals surface area contributed by atoms with Gasteiger partial charge < -0.3 is 15.5 Å². The average molecular weight is 288 g/mol. The lowest BCUT2D eigenvalue weighted by Gasteiger charge is -2.05. The summed E-state index contributed by atoms with van der Waals surface area (Å²) in [6.07, 6.45) is 3.41. The number of anilines is 1. The van der Waals surface area contributed by atoms with Crippen molar-refractivity contribution in [3.8, 4) is 0 Å². The summed E-state index contributed by atoms with van der Waals surface area (Å²) < 4.78 is 19.0. The maximum absolute atomic E-state index is 13.5. The molecule has 108 valence electrons.